The van der Waals surface area contributed by atoms with Gasteiger partial charge in [0.1, 0.15) is 0 Å². The Labute approximate surface area is 103 Å². The van der Waals surface area contributed by atoms with Crippen LogP contribution in [-0.2, 0) is 4.79 Å². The monoisotopic (exact) mass is 238 g/mol. The van der Waals surface area contributed by atoms with Gasteiger partial charge in [0.05, 0.1) is 5.69 Å². The number of carbonyl (C=O) groups excluding carboxylic acids is 2. The van der Waals surface area contributed by atoms with E-state index in [-0.39, 0.29) is 0 Å². The summed E-state index contributed by atoms with van der Waals surface area (Å²) in [6.07, 6.45) is 3.83. The first-order valence-corrected chi connectivity index (χ1v) is 5.54. The average Bonchev–Trinajstić information content (AvgIpc) is 3.03. The normalized spacial score (nSPS) is 10.7. The highest BCUT2D eigenvalue weighted by Gasteiger charge is 2.15. The molecule has 3 aromatic rings. The van der Waals surface area contributed by atoms with Crippen molar-refractivity contribution in [3.63, 3.8) is 0 Å². The first kappa shape index (κ1) is 10.5. The van der Waals surface area contributed by atoms with Crippen LogP contribution in [0.1, 0.15) is 10.5 Å². The molecule has 2 N–H and O–H groups in total. The third kappa shape index (κ3) is 1.47. The minimum absolute atomic E-state index is 0.324. The highest BCUT2D eigenvalue weighted by Crippen LogP contribution is 2.30. The molecule has 4 heteroatoms. The second-order valence-corrected chi connectivity index (χ2v) is 4.00. The second kappa shape index (κ2) is 4.00. The molecular weight excluding hydrogens is 228 g/mol. The summed E-state index contributed by atoms with van der Waals surface area (Å²) < 4.78 is 0. The smallest absolute Gasteiger partial charge is 0.242 e. The van der Waals surface area contributed by atoms with Gasteiger partial charge in [-0.3, -0.25) is 9.59 Å². The quantitative estimate of drug-likeness (QED) is 0.418. The van der Waals surface area contributed by atoms with Crippen molar-refractivity contribution in [1.29, 1.82) is 0 Å². The zero-order valence-corrected chi connectivity index (χ0v) is 9.44. The van der Waals surface area contributed by atoms with Crippen molar-refractivity contribution in [2.45, 2.75) is 0 Å². The van der Waals surface area contributed by atoms with Crippen LogP contribution in [0.15, 0.2) is 42.7 Å². The number of aromatic amines is 2. The molecule has 2 heterocycles. The zero-order chi connectivity index (χ0) is 12.5. The van der Waals surface area contributed by atoms with Crippen molar-refractivity contribution in [3.8, 4) is 11.1 Å². The largest absolute Gasteiger partial charge is 0.361 e. The summed E-state index contributed by atoms with van der Waals surface area (Å²) in [5, 5.41) is 1.03. The van der Waals surface area contributed by atoms with E-state index in [0.29, 0.717) is 12.0 Å². The fraction of sp³-hybridized carbons (Fsp3) is 0. The molecule has 0 aliphatic heterocycles. The lowest BCUT2D eigenvalue weighted by molar-refractivity contribution is -0.104. The van der Waals surface area contributed by atoms with Gasteiger partial charge in [0.15, 0.2) is 6.29 Å². The number of hydrogen-bond donors (Lipinski definition) is 2. The summed E-state index contributed by atoms with van der Waals surface area (Å²) in [5.41, 5.74) is 2.98. The van der Waals surface area contributed by atoms with Crippen LogP contribution < -0.4 is 0 Å². The summed E-state index contributed by atoms with van der Waals surface area (Å²) in [7, 11) is 0. The van der Waals surface area contributed by atoms with Gasteiger partial charge in [-0.15, -0.1) is 0 Å². The number of Topliss-reactive ketones (excluding diaryl/α,β-unsaturated/α-hetero) is 1. The Balaban J connectivity index is 2.24. The molecule has 4 nitrogen and oxygen atoms in total. The fourth-order valence-electron chi connectivity index (χ4n) is 2.15. The maximum Gasteiger partial charge on any atom is 0.242 e. The molecule has 3 rings (SSSR count). The maximum absolute atomic E-state index is 11.5. The highest BCUT2D eigenvalue weighted by atomic mass is 16.2. The fourth-order valence-corrected chi connectivity index (χ4v) is 2.15. The molecule has 2 aromatic heterocycles. The average molecular weight is 238 g/mol. The topological polar surface area (TPSA) is 65.7 Å². The van der Waals surface area contributed by atoms with Crippen LogP contribution in [-0.4, -0.2) is 22.0 Å². The van der Waals surface area contributed by atoms with Crippen LogP contribution in [0.5, 0.6) is 0 Å². The summed E-state index contributed by atoms with van der Waals surface area (Å²) in [5.74, 6) is -0.541. The van der Waals surface area contributed by atoms with Gasteiger partial charge in [-0.25, -0.2) is 0 Å². The molecule has 18 heavy (non-hydrogen) atoms. The van der Waals surface area contributed by atoms with E-state index in [1.165, 1.54) is 0 Å². The Kier molecular flexibility index (Phi) is 2.34. The van der Waals surface area contributed by atoms with Crippen LogP contribution >= 0.6 is 0 Å². The molecule has 0 aliphatic carbocycles. The standard InChI is InChI=1S/C14H10N2O2/c17-8-13(18)14-10(5-6-15-14)11-7-16-12-4-2-1-3-9(11)12/h1-8,15-16H. The van der Waals surface area contributed by atoms with E-state index in [1.807, 2.05) is 30.5 Å². The summed E-state index contributed by atoms with van der Waals surface area (Å²) in [4.78, 5) is 28.1. The van der Waals surface area contributed by atoms with Crippen molar-refractivity contribution in [2.75, 3.05) is 0 Å². The molecule has 0 saturated heterocycles. The molecule has 0 unspecified atom stereocenters. The van der Waals surface area contributed by atoms with E-state index in [4.69, 9.17) is 0 Å². The van der Waals surface area contributed by atoms with Gasteiger partial charge in [-0.1, -0.05) is 18.2 Å². The number of benzene rings is 1. The molecule has 88 valence electrons. The molecule has 0 aliphatic rings. The molecule has 0 spiro atoms. The van der Waals surface area contributed by atoms with Gasteiger partial charge in [0.2, 0.25) is 5.78 Å². The molecule has 0 fully saturated rings. The zero-order valence-electron chi connectivity index (χ0n) is 9.44. The molecule has 0 atom stereocenters. The number of fused-ring (bicyclic) bond motifs is 1. The lowest BCUT2D eigenvalue weighted by atomic mass is 10.0. The third-order valence-corrected chi connectivity index (χ3v) is 2.98. The Morgan fingerprint density at radius 2 is 1.89 bits per heavy atom. The van der Waals surface area contributed by atoms with Gasteiger partial charge in [0, 0.05) is 34.4 Å². The van der Waals surface area contributed by atoms with E-state index < -0.39 is 5.78 Å². The molecule has 0 saturated carbocycles. The van der Waals surface area contributed by atoms with Crippen LogP contribution in [0.25, 0.3) is 22.0 Å². The Hall–Kier alpha value is -2.62. The van der Waals surface area contributed by atoms with Crippen molar-refractivity contribution in [2.24, 2.45) is 0 Å². The van der Waals surface area contributed by atoms with Gasteiger partial charge in [-0.2, -0.15) is 0 Å². The van der Waals surface area contributed by atoms with Crippen molar-refractivity contribution < 1.29 is 9.59 Å². The molecule has 0 amide bonds. The third-order valence-electron chi connectivity index (χ3n) is 2.98. The molecule has 0 radical (unpaired) electrons. The van der Waals surface area contributed by atoms with Crippen molar-refractivity contribution >= 4 is 23.0 Å². The minimum atomic E-state index is -0.541. The first-order valence-electron chi connectivity index (χ1n) is 5.54. The molecular formula is C14H10N2O2. The molecule has 1 aromatic carbocycles. The Morgan fingerprint density at radius 3 is 2.72 bits per heavy atom. The van der Waals surface area contributed by atoms with Gasteiger partial charge >= 0.3 is 0 Å². The number of H-pyrrole nitrogens is 2. The number of ketones is 1. The van der Waals surface area contributed by atoms with E-state index >= 15 is 0 Å². The van der Waals surface area contributed by atoms with E-state index in [9.17, 15) is 9.59 Å². The van der Waals surface area contributed by atoms with Crippen LogP contribution in [0.2, 0.25) is 0 Å². The van der Waals surface area contributed by atoms with E-state index in [2.05, 4.69) is 9.97 Å². The number of rotatable bonds is 3. The number of aromatic nitrogens is 2. The van der Waals surface area contributed by atoms with Crippen LogP contribution in [0.3, 0.4) is 0 Å². The maximum atomic E-state index is 11.5. The van der Waals surface area contributed by atoms with Crippen LogP contribution in [0.4, 0.5) is 0 Å². The van der Waals surface area contributed by atoms with Crippen molar-refractivity contribution in [3.05, 3.63) is 48.4 Å². The Bertz CT molecular complexity index is 737. The van der Waals surface area contributed by atoms with Crippen LogP contribution in [0, 0.1) is 0 Å². The predicted molar refractivity (Wildman–Crippen MR) is 68.5 cm³/mol. The van der Waals surface area contributed by atoms with E-state index in [0.717, 1.165) is 22.0 Å². The number of hydrogen-bond acceptors (Lipinski definition) is 2. The predicted octanol–water partition coefficient (Wildman–Crippen LogP) is 2.54. The lowest BCUT2D eigenvalue weighted by Crippen LogP contribution is -2.01. The Morgan fingerprint density at radius 1 is 1.06 bits per heavy atom. The summed E-state index contributed by atoms with van der Waals surface area (Å²) in [6.45, 7) is 0. The lowest BCUT2D eigenvalue weighted by Gasteiger charge is -1.98. The number of carbonyl (C=O) groups is 2. The van der Waals surface area contributed by atoms with Gasteiger partial charge in [0.25, 0.3) is 0 Å². The highest BCUT2D eigenvalue weighted by molar-refractivity contribution is 6.34. The number of nitrogens with one attached hydrogen (secondary N) is 2. The summed E-state index contributed by atoms with van der Waals surface area (Å²) in [6, 6.07) is 9.62. The molecule has 0 bridgehead atoms. The first-order chi connectivity index (χ1) is 8.81. The number of para-hydroxylation sites is 1. The second-order valence-electron chi connectivity index (χ2n) is 4.00. The number of aldehydes is 1. The van der Waals surface area contributed by atoms with Gasteiger partial charge in [-0.05, 0) is 12.1 Å². The van der Waals surface area contributed by atoms with Gasteiger partial charge < -0.3 is 9.97 Å². The SMILES string of the molecule is O=CC(=O)c1[nH]ccc1-c1c[nH]c2ccccc12. The summed E-state index contributed by atoms with van der Waals surface area (Å²) >= 11 is 0. The van der Waals surface area contributed by atoms with E-state index in [1.54, 1.807) is 12.3 Å². The van der Waals surface area contributed by atoms with Crippen molar-refractivity contribution in [1.82, 2.24) is 9.97 Å². The minimum Gasteiger partial charge on any atom is -0.361 e.